The number of unbranched alkanes of at least 4 members (excludes halogenated alkanes) is 9. The average Bonchev–Trinajstić information content (AvgIpc) is 3.08. The van der Waals surface area contributed by atoms with Crippen LogP contribution in [0, 0.1) is 0 Å². The SMILES string of the molecule is CC/C=C/C=C/C=C/C=C/C=C/CCCCCC(=O)OCC(COP(=O)(O)OCCN)OC(=O)CC/C=C/C/C=C/CCCCCCCC. The number of hydrogen-bond donors (Lipinski definition) is 2. The molecule has 0 heterocycles. The van der Waals surface area contributed by atoms with Gasteiger partial charge >= 0.3 is 19.8 Å². The highest BCUT2D eigenvalue weighted by Gasteiger charge is 2.25. The maximum Gasteiger partial charge on any atom is 0.472 e. The zero-order valence-corrected chi connectivity index (χ0v) is 31.0. The summed E-state index contributed by atoms with van der Waals surface area (Å²) in [7, 11) is -4.40. The lowest BCUT2D eigenvalue weighted by Crippen LogP contribution is -2.29. The molecule has 0 aliphatic rings. The molecule has 10 heteroatoms. The molecule has 0 spiro atoms. The van der Waals surface area contributed by atoms with Gasteiger partial charge in [0.05, 0.1) is 13.2 Å². The summed E-state index contributed by atoms with van der Waals surface area (Å²) in [6.45, 7) is 3.42. The molecule has 0 amide bonds. The summed E-state index contributed by atoms with van der Waals surface area (Å²) in [5.41, 5.74) is 5.32. The van der Waals surface area contributed by atoms with E-state index in [1.165, 1.54) is 38.5 Å². The zero-order valence-electron chi connectivity index (χ0n) is 30.1. The molecule has 49 heavy (non-hydrogen) atoms. The zero-order chi connectivity index (χ0) is 36.1. The van der Waals surface area contributed by atoms with E-state index in [4.69, 9.17) is 24.3 Å². The van der Waals surface area contributed by atoms with E-state index in [2.05, 4.69) is 38.2 Å². The van der Waals surface area contributed by atoms with Crippen molar-refractivity contribution in [1.82, 2.24) is 0 Å². The highest BCUT2D eigenvalue weighted by molar-refractivity contribution is 7.47. The maximum absolute atomic E-state index is 12.5. The summed E-state index contributed by atoms with van der Waals surface area (Å²) in [4.78, 5) is 34.6. The van der Waals surface area contributed by atoms with E-state index >= 15 is 0 Å². The second-order valence-corrected chi connectivity index (χ2v) is 12.9. The summed E-state index contributed by atoms with van der Waals surface area (Å²) >= 11 is 0. The van der Waals surface area contributed by atoms with Crippen molar-refractivity contribution in [2.75, 3.05) is 26.4 Å². The molecule has 0 aromatic heterocycles. The van der Waals surface area contributed by atoms with Gasteiger partial charge in [0.25, 0.3) is 0 Å². The number of rotatable bonds is 32. The van der Waals surface area contributed by atoms with Crippen molar-refractivity contribution in [1.29, 1.82) is 0 Å². The first kappa shape index (κ1) is 46.2. The summed E-state index contributed by atoms with van der Waals surface area (Å²) in [6, 6.07) is 0. The second-order valence-electron chi connectivity index (χ2n) is 11.5. The van der Waals surface area contributed by atoms with Crippen LogP contribution in [0.3, 0.4) is 0 Å². The fraction of sp³-hybridized carbons (Fsp3) is 0.590. The third kappa shape index (κ3) is 34.8. The van der Waals surface area contributed by atoms with Crippen LogP contribution in [0.4, 0.5) is 0 Å². The molecule has 0 aliphatic heterocycles. The quantitative estimate of drug-likeness (QED) is 0.0231. The Morgan fingerprint density at radius 2 is 1.24 bits per heavy atom. The van der Waals surface area contributed by atoms with Gasteiger partial charge in [-0.1, -0.05) is 137 Å². The molecule has 2 atom stereocenters. The van der Waals surface area contributed by atoms with Gasteiger partial charge in [-0.15, -0.1) is 0 Å². The summed E-state index contributed by atoms with van der Waals surface area (Å²) < 4.78 is 32.5. The van der Waals surface area contributed by atoms with Crippen LogP contribution in [0.25, 0.3) is 0 Å². The average molecular weight is 706 g/mol. The Bertz CT molecular complexity index is 1080. The van der Waals surface area contributed by atoms with Crippen molar-refractivity contribution < 1.29 is 37.6 Å². The standard InChI is InChI=1S/C39H64NO8P/c1-3-5-7-9-11-13-15-17-18-20-21-23-25-27-29-31-38(41)45-35-37(36-47-49(43,44)46-34-33-40)48-39(42)32-30-28-26-24-22-19-16-14-12-10-8-6-4-2/h5,7,9,11,13,15,17-22,26,28,37H,3-4,6,8,10,12,14,16,23-25,27,29-36,40H2,1-2H3,(H,43,44)/b7-5+,11-9+,15-13+,18-17+,21-20+,22-19+,28-26+. The van der Waals surface area contributed by atoms with Crippen LogP contribution in [0.2, 0.25) is 0 Å². The van der Waals surface area contributed by atoms with Crippen molar-refractivity contribution in [3.63, 3.8) is 0 Å². The third-order valence-corrected chi connectivity index (χ3v) is 7.89. The van der Waals surface area contributed by atoms with Gasteiger partial charge in [-0.25, -0.2) is 4.57 Å². The van der Waals surface area contributed by atoms with Crippen molar-refractivity contribution in [2.24, 2.45) is 5.73 Å². The number of nitrogens with two attached hydrogens (primary N) is 1. The highest BCUT2D eigenvalue weighted by atomic mass is 31.2. The molecule has 0 aromatic carbocycles. The molecule has 278 valence electrons. The van der Waals surface area contributed by atoms with Crippen LogP contribution in [0.15, 0.2) is 85.1 Å². The number of allylic oxidation sites excluding steroid dienone is 14. The summed E-state index contributed by atoms with van der Waals surface area (Å²) in [5.74, 6) is -0.969. The fourth-order valence-corrected chi connectivity index (χ4v) is 5.00. The number of carbonyl (C=O) groups excluding carboxylic acids is 2. The largest absolute Gasteiger partial charge is 0.472 e. The van der Waals surface area contributed by atoms with Gasteiger partial charge in [-0.3, -0.25) is 18.6 Å². The van der Waals surface area contributed by atoms with Crippen LogP contribution >= 0.6 is 7.82 Å². The Morgan fingerprint density at radius 1 is 0.653 bits per heavy atom. The number of hydrogen-bond acceptors (Lipinski definition) is 8. The number of esters is 2. The number of phosphoric ester groups is 1. The molecule has 0 fully saturated rings. The van der Waals surface area contributed by atoms with Gasteiger partial charge in [0, 0.05) is 19.4 Å². The summed E-state index contributed by atoms with van der Waals surface area (Å²) in [6.07, 6.45) is 42.0. The molecule has 9 nitrogen and oxygen atoms in total. The highest BCUT2D eigenvalue weighted by Crippen LogP contribution is 2.43. The van der Waals surface area contributed by atoms with E-state index in [1.807, 2.05) is 60.8 Å². The molecule has 3 N–H and O–H groups in total. The van der Waals surface area contributed by atoms with Crippen LogP contribution in [0.1, 0.15) is 117 Å². The molecule has 0 saturated carbocycles. The van der Waals surface area contributed by atoms with Gasteiger partial charge < -0.3 is 20.1 Å². The Balaban J connectivity index is 4.45. The van der Waals surface area contributed by atoms with E-state index in [1.54, 1.807) is 0 Å². The van der Waals surface area contributed by atoms with E-state index in [-0.39, 0.29) is 32.6 Å². The first-order valence-corrected chi connectivity index (χ1v) is 19.6. The molecular weight excluding hydrogens is 641 g/mol. The lowest BCUT2D eigenvalue weighted by molar-refractivity contribution is -0.161. The van der Waals surface area contributed by atoms with Crippen LogP contribution in [-0.4, -0.2) is 49.3 Å². The van der Waals surface area contributed by atoms with E-state index < -0.39 is 32.5 Å². The molecule has 0 aliphatic carbocycles. The predicted molar refractivity (Wildman–Crippen MR) is 201 cm³/mol. The minimum absolute atomic E-state index is 0.0347. The Labute approximate surface area is 296 Å². The molecule has 0 rings (SSSR count). The molecule has 2 unspecified atom stereocenters. The summed E-state index contributed by atoms with van der Waals surface area (Å²) in [5, 5.41) is 0. The smallest absolute Gasteiger partial charge is 0.462 e. The second kappa shape index (κ2) is 35.0. The number of phosphoric acid groups is 1. The minimum Gasteiger partial charge on any atom is -0.462 e. The topological polar surface area (TPSA) is 134 Å². The van der Waals surface area contributed by atoms with Gasteiger partial charge in [0.1, 0.15) is 6.61 Å². The van der Waals surface area contributed by atoms with Crippen molar-refractivity contribution in [3.05, 3.63) is 85.1 Å². The normalized spacial score (nSPS) is 14.4. The molecule has 0 bridgehead atoms. The van der Waals surface area contributed by atoms with E-state index in [9.17, 15) is 19.0 Å². The first-order chi connectivity index (χ1) is 23.8. The van der Waals surface area contributed by atoms with Gasteiger partial charge in [-0.05, 0) is 51.4 Å². The van der Waals surface area contributed by atoms with Gasteiger partial charge in [0.2, 0.25) is 0 Å². The fourth-order valence-electron chi connectivity index (χ4n) is 4.23. The van der Waals surface area contributed by atoms with E-state index in [0.717, 1.165) is 38.5 Å². The number of ether oxygens (including phenoxy) is 2. The Hall–Kier alpha value is -2.81. The van der Waals surface area contributed by atoms with Crippen LogP contribution in [0.5, 0.6) is 0 Å². The maximum atomic E-state index is 12.5. The number of carbonyl (C=O) groups is 2. The minimum atomic E-state index is -4.40. The van der Waals surface area contributed by atoms with Crippen LogP contribution in [-0.2, 0) is 32.7 Å². The van der Waals surface area contributed by atoms with Crippen LogP contribution < -0.4 is 5.73 Å². The Kier molecular flexibility index (Phi) is 33.0. The Morgan fingerprint density at radius 3 is 1.92 bits per heavy atom. The van der Waals surface area contributed by atoms with Gasteiger partial charge in [0.15, 0.2) is 6.10 Å². The van der Waals surface area contributed by atoms with Gasteiger partial charge in [-0.2, -0.15) is 0 Å². The van der Waals surface area contributed by atoms with Crippen molar-refractivity contribution >= 4 is 19.8 Å². The molecule has 0 radical (unpaired) electrons. The monoisotopic (exact) mass is 705 g/mol. The molecule has 0 saturated heterocycles. The first-order valence-electron chi connectivity index (χ1n) is 18.1. The lowest BCUT2D eigenvalue weighted by Gasteiger charge is -2.19. The van der Waals surface area contributed by atoms with Crippen molar-refractivity contribution in [3.8, 4) is 0 Å². The molecule has 0 aromatic rings. The molecular formula is C39H64NO8P. The lowest BCUT2D eigenvalue weighted by atomic mass is 10.1. The van der Waals surface area contributed by atoms with E-state index in [0.29, 0.717) is 12.8 Å². The third-order valence-electron chi connectivity index (χ3n) is 6.91. The van der Waals surface area contributed by atoms with Crippen molar-refractivity contribution in [2.45, 2.75) is 123 Å². The predicted octanol–water partition coefficient (Wildman–Crippen LogP) is 9.71.